The molecule has 3 N–H and O–H groups in total. The molecule has 0 bridgehead atoms. The molecule has 0 aliphatic rings. The van der Waals surface area contributed by atoms with Crippen LogP contribution in [0.5, 0.6) is 0 Å². The molecule has 0 aliphatic heterocycles. The van der Waals surface area contributed by atoms with Gasteiger partial charge in [0.15, 0.2) is 0 Å². The molecule has 0 saturated heterocycles. The number of aromatic amines is 1. The zero-order chi connectivity index (χ0) is 16.3. The lowest BCUT2D eigenvalue weighted by Gasteiger charge is -2.17. The van der Waals surface area contributed by atoms with Crippen LogP contribution in [-0.2, 0) is 16.0 Å². The van der Waals surface area contributed by atoms with Crippen LogP contribution in [0, 0.1) is 5.92 Å². The van der Waals surface area contributed by atoms with E-state index in [-0.39, 0.29) is 17.9 Å². The first-order valence-electron chi connectivity index (χ1n) is 6.88. The van der Waals surface area contributed by atoms with Crippen molar-refractivity contribution in [3.05, 3.63) is 40.3 Å². The topological polar surface area (TPSA) is 112 Å². The number of benzene rings is 1. The lowest BCUT2D eigenvalue weighted by molar-refractivity contribution is -0.143. The third-order valence-corrected chi connectivity index (χ3v) is 3.35. The highest BCUT2D eigenvalue weighted by molar-refractivity contribution is 5.90. The zero-order valence-corrected chi connectivity index (χ0v) is 12.3. The summed E-state index contributed by atoms with van der Waals surface area (Å²) in [5.74, 6) is -1.77. The molecule has 0 fully saturated rings. The number of nitrogens with zero attached hydrogens (tertiary/aromatic N) is 1. The third-order valence-electron chi connectivity index (χ3n) is 3.35. The SMILES string of the molecule is CC(C)C(NC(=O)Cc1n[nH]c(=O)c2ccccc12)C(=O)O. The van der Waals surface area contributed by atoms with Crippen molar-refractivity contribution in [1.82, 2.24) is 15.5 Å². The first-order valence-corrected chi connectivity index (χ1v) is 6.88. The van der Waals surface area contributed by atoms with Crippen LogP contribution in [0.25, 0.3) is 10.8 Å². The highest BCUT2D eigenvalue weighted by Crippen LogP contribution is 2.13. The summed E-state index contributed by atoms with van der Waals surface area (Å²) >= 11 is 0. The number of hydrogen-bond acceptors (Lipinski definition) is 4. The molecular formula is C15H17N3O4. The van der Waals surface area contributed by atoms with Crippen molar-refractivity contribution >= 4 is 22.6 Å². The Morgan fingerprint density at radius 3 is 2.50 bits per heavy atom. The lowest BCUT2D eigenvalue weighted by atomic mass is 10.0. The zero-order valence-electron chi connectivity index (χ0n) is 12.3. The van der Waals surface area contributed by atoms with Gasteiger partial charge in [0.25, 0.3) is 5.56 Å². The Hall–Kier alpha value is -2.70. The van der Waals surface area contributed by atoms with Gasteiger partial charge in [0, 0.05) is 5.39 Å². The number of nitrogens with one attached hydrogen (secondary N) is 2. The lowest BCUT2D eigenvalue weighted by Crippen LogP contribution is -2.45. The van der Waals surface area contributed by atoms with Crippen molar-refractivity contribution in [1.29, 1.82) is 0 Å². The highest BCUT2D eigenvalue weighted by Gasteiger charge is 2.23. The number of fused-ring (bicyclic) bond motifs is 1. The van der Waals surface area contributed by atoms with E-state index in [0.717, 1.165) is 0 Å². The van der Waals surface area contributed by atoms with Crippen molar-refractivity contribution in [2.24, 2.45) is 5.92 Å². The second kappa shape index (κ2) is 6.38. The number of carboxylic acids is 1. The Kier molecular flexibility index (Phi) is 4.55. The van der Waals surface area contributed by atoms with Crippen molar-refractivity contribution < 1.29 is 14.7 Å². The summed E-state index contributed by atoms with van der Waals surface area (Å²) in [6.07, 6.45) is -0.103. The second-order valence-corrected chi connectivity index (χ2v) is 5.35. The standard InChI is InChI=1S/C15H17N3O4/c1-8(2)13(15(21)22)16-12(19)7-11-9-5-3-4-6-10(9)14(20)18-17-11/h3-6,8,13H,7H2,1-2H3,(H,16,19)(H,18,20)(H,21,22). The Balaban J connectivity index is 2.24. The van der Waals surface area contributed by atoms with Gasteiger partial charge in [-0.15, -0.1) is 0 Å². The largest absolute Gasteiger partial charge is 0.480 e. The van der Waals surface area contributed by atoms with Crippen LogP contribution < -0.4 is 10.9 Å². The number of H-pyrrole nitrogens is 1. The van der Waals surface area contributed by atoms with Crippen LogP contribution in [0.1, 0.15) is 19.5 Å². The molecule has 1 aromatic carbocycles. The third kappa shape index (κ3) is 3.30. The van der Waals surface area contributed by atoms with E-state index in [0.29, 0.717) is 16.5 Å². The Morgan fingerprint density at radius 2 is 1.91 bits per heavy atom. The smallest absolute Gasteiger partial charge is 0.326 e. The minimum absolute atomic E-state index is 0.103. The average Bonchev–Trinajstić information content (AvgIpc) is 2.47. The molecule has 0 aliphatic carbocycles. The predicted molar refractivity (Wildman–Crippen MR) is 80.5 cm³/mol. The maximum absolute atomic E-state index is 12.1. The molecule has 1 atom stereocenters. The molecule has 2 aromatic rings. The molecule has 116 valence electrons. The molecule has 1 heterocycles. The monoisotopic (exact) mass is 303 g/mol. The van der Waals surface area contributed by atoms with Gasteiger partial charge < -0.3 is 10.4 Å². The van der Waals surface area contributed by atoms with Crippen LogP contribution in [-0.4, -0.2) is 33.2 Å². The van der Waals surface area contributed by atoms with Gasteiger partial charge in [0.2, 0.25) is 5.91 Å². The Bertz CT molecular complexity index is 767. The van der Waals surface area contributed by atoms with E-state index in [1.54, 1.807) is 38.1 Å². The number of amides is 1. The normalized spacial score (nSPS) is 12.3. The van der Waals surface area contributed by atoms with Gasteiger partial charge in [-0.3, -0.25) is 9.59 Å². The number of rotatable bonds is 5. The van der Waals surface area contributed by atoms with E-state index in [1.165, 1.54) is 0 Å². The summed E-state index contributed by atoms with van der Waals surface area (Å²) in [6, 6.07) is 5.86. The minimum Gasteiger partial charge on any atom is -0.480 e. The van der Waals surface area contributed by atoms with Gasteiger partial charge in [-0.2, -0.15) is 5.10 Å². The Labute approximate surface area is 126 Å². The van der Waals surface area contributed by atoms with Crippen molar-refractivity contribution in [2.45, 2.75) is 26.3 Å². The van der Waals surface area contributed by atoms with Crippen molar-refractivity contribution in [2.75, 3.05) is 0 Å². The molecule has 0 spiro atoms. The van der Waals surface area contributed by atoms with Gasteiger partial charge in [0.05, 0.1) is 17.5 Å². The number of carbonyl (C=O) groups is 2. The summed E-state index contributed by atoms with van der Waals surface area (Å²) in [7, 11) is 0. The van der Waals surface area contributed by atoms with E-state index in [1.807, 2.05) is 0 Å². The minimum atomic E-state index is -1.08. The molecule has 1 unspecified atom stereocenters. The molecular weight excluding hydrogens is 286 g/mol. The molecule has 22 heavy (non-hydrogen) atoms. The Morgan fingerprint density at radius 1 is 1.27 bits per heavy atom. The van der Waals surface area contributed by atoms with E-state index >= 15 is 0 Å². The molecule has 7 nitrogen and oxygen atoms in total. The quantitative estimate of drug-likeness (QED) is 0.752. The van der Waals surface area contributed by atoms with Gasteiger partial charge in [0.1, 0.15) is 6.04 Å². The van der Waals surface area contributed by atoms with Gasteiger partial charge >= 0.3 is 5.97 Å². The van der Waals surface area contributed by atoms with Crippen molar-refractivity contribution in [3.63, 3.8) is 0 Å². The molecule has 0 saturated carbocycles. The fraction of sp³-hybridized carbons (Fsp3) is 0.333. The fourth-order valence-electron chi connectivity index (χ4n) is 2.20. The van der Waals surface area contributed by atoms with Crippen LogP contribution in [0.4, 0.5) is 0 Å². The van der Waals surface area contributed by atoms with E-state index in [2.05, 4.69) is 15.5 Å². The maximum Gasteiger partial charge on any atom is 0.326 e. The van der Waals surface area contributed by atoms with Gasteiger partial charge in [-0.05, 0) is 12.0 Å². The number of hydrogen-bond donors (Lipinski definition) is 3. The molecule has 1 aromatic heterocycles. The first-order chi connectivity index (χ1) is 10.4. The van der Waals surface area contributed by atoms with Gasteiger partial charge in [-0.1, -0.05) is 32.0 Å². The van der Waals surface area contributed by atoms with E-state index in [4.69, 9.17) is 5.11 Å². The summed E-state index contributed by atoms with van der Waals surface area (Å²) < 4.78 is 0. The predicted octanol–water partition coefficient (Wildman–Crippen LogP) is 0.691. The molecule has 1 amide bonds. The second-order valence-electron chi connectivity index (χ2n) is 5.35. The first kappa shape index (κ1) is 15.7. The molecule has 2 rings (SSSR count). The molecule has 0 radical (unpaired) electrons. The summed E-state index contributed by atoms with van der Waals surface area (Å²) in [5, 5.41) is 18.8. The number of carbonyl (C=O) groups excluding carboxylic acids is 1. The summed E-state index contributed by atoms with van der Waals surface area (Å²) in [6.45, 7) is 3.43. The average molecular weight is 303 g/mol. The summed E-state index contributed by atoms with van der Waals surface area (Å²) in [5.41, 5.74) is 0.0749. The summed E-state index contributed by atoms with van der Waals surface area (Å²) in [4.78, 5) is 34.8. The van der Waals surface area contributed by atoms with Crippen LogP contribution >= 0.6 is 0 Å². The highest BCUT2D eigenvalue weighted by atomic mass is 16.4. The van der Waals surface area contributed by atoms with Crippen LogP contribution in [0.15, 0.2) is 29.1 Å². The maximum atomic E-state index is 12.1. The van der Waals surface area contributed by atoms with Gasteiger partial charge in [-0.25, -0.2) is 9.89 Å². The number of aromatic nitrogens is 2. The van der Waals surface area contributed by atoms with Crippen LogP contribution in [0.2, 0.25) is 0 Å². The fourth-order valence-corrected chi connectivity index (χ4v) is 2.20. The van der Waals surface area contributed by atoms with Crippen LogP contribution in [0.3, 0.4) is 0 Å². The molecule has 7 heteroatoms. The number of carboxylic acid groups (broad SMARTS) is 1. The number of aliphatic carboxylic acids is 1. The van der Waals surface area contributed by atoms with Crippen molar-refractivity contribution in [3.8, 4) is 0 Å². The van der Waals surface area contributed by atoms with E-state index < -0.39 is 17.9 Å². The van der Waals surface area contributed by atoms with E-state index in [9.17, 15) is 14.4 Å².